The van der Waals surface area contributed by atoms with E-state index in [1.807, 2.05) is 0 Å². The highest BCUT2D eigenvalue weighted by Gasteiger charge is 2.46. The van der Waals surface area contributed by atoms with Crippen LogP contribution in [0.1, 0.15) is 0 Å². The van der Waals surface area contributed by atoms with Crippen molar-refractivity contribution in [3.05, 3.63) is 36.5 Å². The Morgan fingerprint density at radius 1 is 1.16 bits per heavy atom. The summed E-state index contributed by atoms with van der Waals surface area (Å²) in [6.07, 6.45) is 0.209. The molecule has 0 spiro atoms. The fourth-order valence-corrected chi connectivity index (χ4v) is 6.82. The molecule has 8 nitrogen and oxygen atoms in total. The second kappa shape index (κ2) is 6.29. The van der Waals surface area contributed by atoms with Gasteiger partial charge in [-0.25, -0.2) is 21.8 Å². The van der Waals surface area contributed by atoms with E-state index in [9.17, 15) is 21.9 Å². The fourth-order valence-electron chi connectivity index (χ4n) is 3.10. The van der Waals surface area contributed by atoms with Gasteiger partial charge in [0.05, 0.1) is 29.2 Å². The third-order valence-electron chi connectivity index (χ3n) is 4.09. The van der Waals surface area contributed by atoms with E-state index in [1.165, 1.54) is 31.4 Å². The number of benzene rings is 1. The normalized spacial score (nSPS) is 23.6. The van der Waals surface area contributed by atoms with Crippen LogP contribution in [0.25, 0.3) is 10.9 Å². The second-order valence-electron chi connectivity index (χ2n) is 6.17. The number of pyridine rings is 1. The maximum Gasteiger partial charge on any atom is 0.258 e. The average molecular weight is 385 g/mol. The number of aliphatic hydroxyl groups excluding tert-OH is 1. The number of hydrazine groups is 1. The highest BCUT2D eigenvalue weighted by molar-refractivity contribution is 7.92. The molecule has 1 saturated heterocycles. The summed E-state index contributed by atoms with van der Waals surface area (Å²) >= 11 is 0. The number of nitrogens with zero attached hydrogens (tertiary/aromatic N) is 3. The predicted molar refractivity (Wildman–Crippen MR) is 92.9 cm³/mol. The van der Waals surface area contributed by atoms with Gasteiger partial charge < -0.3 is 5.11 Å². The third-order valence-corrected chi connectivity index (χ3v) is 7.77. The number of sulfonamides is 1. The Kier molecular flexibility index (Phi) is 4.58. The van der Waals surface area contributed by atoms with Crippen LogP contribution in [0.3, 0.4) is 0 Å². The summed E-state index contributed by atoms with van der Waals surface area (Å²) < 4.78 is 51.2. The van der Waals surface area contributed by atoms with E-state index < -0.39 is 43.5 Å². The van der Waals surface area contributed by atoms with Crippen LogP contribution in [0.4, 0.5) is 0 Å². The molecule has 0 bridgehead atoms. The van der Waals surface area contributed by atoms with Crippen LogP contribution in [0.2, 0.25) is 0 Å². The zero-order chi connectivity index (χ0) is 18.4. The molecule has 136 valence electrons. The largest absolute Gasteiger partial charge is 0.390 e. The van der Waals surface area contributed by atoms with Crippen LogP contribution in [0.5, 0.6) is 0 Å². The van der Waals surface area contributed by atoms with Crippen molar-refractivity contribution >= 4 is 30.8 Å². The first-order valence-corrected chi connectivity index (χ1v) is 10.8. The van der Waals surface area contributed by atoms with Crippen LogP contribution in [0.15, 0.2) is 41.4 Å². The summed E-state index contributed by atoms with van der Waals surface area (Å²) in [5.41, 5.74) is 0.298. The SMILES string of the molecule is CN(C)N([C@H]1CS(=O)(=O)C[C@@H]1O)S(=O)(=O)c1cccc2cccnc12. The molecule has 2 aromatic rings. The van der Waals surface area contributed by atoms with Crippen molar-refractivity contribution in [3.8, 4) is 0 Å². The van der Waals surface area contributed by atoms with Gasteiger partial charge in [-0.1, -0.05) is 18.2 Å². The van der Waals surface area contributed by atoms with Crippen molar-refractivity contribution in [2.24, 2.45) is 0 Å². The van der Waals surface area contributed by atoms with Gasteiger partial charge in [-0.15, -0.1) is 4.41 Å². The Morgan fingerprint density at radius 3 is 2.44 bits per heavy atom. The minimum Gasteiger partial charge on any atom is -0.390 e. The molecule has 10 heteroatoms. The first-order chi connectivity index (χ1) is 11.6. The molecule has 2 atom stereocenters. The predicted octanol–water partition coefficient (Wildman–Crippen LogP) is -0.140. The van der Waals surface area contributed by atoms with Crippen LogP contribution in [-0.4, -0.2) is 74.1 Å². The lowest BCUT2D eigenvalue weighted by molar-refractivity contribution is 0.0272. The first-order valence-electron chi connectivity index (χ1n) is 7.57. The van der Waals surface area contributed by atoms with Crippen molar-refractivity contribution in [1.29, 1.82) is 0 Å². The Bertz CT molecular complexity index is 1000. The average Bonchev–Trinajstić information content (AvgIpc) is 2.78. The molecule has 0 saturated carbocycles. The van der Waals surface area contributed by atoms with Crippen molar-refractivity contribution in [1.82, 2.24) is 14.4 Å². The molecular weight excluding hydrogens is 366 g/mol. The molecule has 25 heavy (non-hydrogen) atoms. The molecule has 0 amide bonds. The number of fused-ring (bicyclic) bond motifs is 1. The minimum absolute atomic E-state index is 0.0317. The van der Waals surface area contributed by atoms with Gasteiger partial charge in [0, 0.05) is 25.7 Å². The summed E-state index contributed by atoms with van der Waals surface area (Å²) in [7, 11) is -4.64. The summed E-state index contributed by atoms with van der Waals surface area (Å²) in [6, 6.07) is 7.15. The molecule has 1 N–H and O–H groups in total. The lowest BCUT2D eigenvalue weighted by Gasteiger charge is -2.34. The Balaban J connectivity index is 2.16. The summed E-state index contributed by atoms with van der Waals surface area (Å²) in [6.45, 7) is 0. The van der Waals surface area contributed by atoms with E-state index in [1.54, 1.807) is 24.3 Å². The van der Waals surface area contributed by atoms with E-state index in [0.717, 1.165) is 4.41 Å². The molecule has 1 fully saturated rings. The van der Waals surface area contributed by atoms with Crippen LogP contribution >= 0.6 is 0 Å². The molecule has 3 rings (SSSR count). The second-order valence-corrected chi connectivity index (χ2v) is 10.1. The highest BCUT2D eigenvalue weighted by Crippen LogP contribution is 2.29. The van der Waals surface area contributed by atoms with E-state index in [4.69, 9.17) is 0 Å². The summed E-state index contributed by atoms with van der Waals surface area (Å²) in [5, 5.41) is 12.1. The molecule has 1 aliphatic heterocycles. The summed E-state index contributed by atoms with van der Waals surface area (Å²) in [4.78, 5) is 4.13. The number of sulfone groups is 1. The quantitative estimate of drug-likeness (QED) is 0.730. The lowest BCUT2D eigenvalue weighted by atomic mass is 10.2. The van der Waals surface area contributed by atoms with Crippen LogP contribution in [-0.2, 0) is 19.9 Å². The van der Waals surface area contributed by atoms with Crippen molar-refractivity contribution < 1.29 is 21.9 Å². The number of para-hydroxylation sites is 1. The van der Waals surface area contributed by atoms with Crippen LogP contribution < -0.4 is 0 Å². The Hall–Kier alpha value is -1.59. The molecule has 0 aliphatic carbocycles. The van der Waals surface area contributed by atoms with Crippen molar-refractivity contribution in [2.45, 2.75) is 17.0 Å². The van der Waals surface area contributed by atoms with E-state index >= 15 is 0 Å². The monoisotopic (exact) mass is 385 g/mol. The highest BCUT2D eigenvalue weighted by atomic mass is 32.2. The van der Waals surface area contributed by atoms with E-state index in [0.29, 0.717) is 10.9 Å². The van der Waals surface area contributed by atoms with Gasteiger partial charge in [0.1, 0.15) is 4.90 Å². The molecule has 2 heterocycles. The van der Waals surface area contributed by atoms with Gasteiger partial charge >= 0.3 is 0 Å². The first kappa shape index (κ1) is 18.2. The maximum atomic E-state index is 13.3. The molecule has 0 radical (unpaired) electrons. The zero-order valence-corrected chi connectivity index (χ0v) is 15.4. The molecule has 1 aromatic carbocycles. The van der Waals surface area contributed by atoms with Gasteiger partial charge in [-0.05, 0) is 12.1 Å². The number of aromatic nitrogens is 1. The summed E-state index contributed by atoms with van der Waals surface area (Å²) in [5.74, 6) is -0.880. The van der Waals surface area contributed by atoms with E-state index in [2.05, 4.69) is 4.98 Å². The topological polar surface area (TPSA) is 108 Å². The van der Waals surface area contributed by atoms with Gasteiger partial charge in [-0.3, -0.25) is 4.98 Å². The van der Waals surface area contributed by atoms with Gasteiger partial charge in [0.25, 0.3) is 10.0 Å². The molecule has 0 unspecified atom stereocenters. The van der Waals surface area contributed by atoms with Gasteiger partial charge in [-0.2, -0.15) is 0 Å². The molecular formula is C15H19N3O5S2. The smallest absolute Gasteiger partial charge is 0.258 e. The third kappa shape index (κ3) is 3.27. The molecule has 1 aromatic heterocycles. The van der Waals surface area contributed by atoms with Crippen molar-refractivity contribution in [2.75, 3.05) is 25.6 Å². The van der Waals surface area contributed by atoms with Crippen molar-refractivity contribution in [3.63, 3.8) is 0 Å². The van der Waals surface area contributed by atoms with Crippen LogP contribution in [0, 0.1) is 0 Å². The number of hydrogen-bond acceptors (Lipinski definition) is 7. The van der Waals surface area contributed by atoms with Gasteiger partial charge in [0.2, 0.25) is 0 Å². The number of aliphatic hydroxyl groups is 1. The Labute approximate surface area is 146 Å². The minimum atomic E-state index is -4.12. The number of rotatable bonds is 4. The van der Waals surface area contributed by atoms with E-state index in [-0.39, 0.29) is 4.90 Å². The Morgan fingerprint density at radius 2 is 1.84 bits per heavy atom. The molecule has 1 aliphatic rings. The standard InChI is InChI=1S/C15H19N3O5S2/c1-17(2)18(12-9-24(20,21)10-13(12)19)25(22,23)14-7-3-5-11-6-4-8-16-15(11)14/h3-8,12-13,19H,9-10H2,1-2H3/t12-,13-/m0/s1. The number of hydrogen-bond donors (Lipinski definition) is 1. The zero-order valence-electron chi connectivity index (χ0n) is 13.8. The van der Waals surface area contributed by atoms with Gasteiger partial charge in [0.15, 0.2) is 9.84 Å². The maximum absolute atomic E-state index is 13.3. The lowest BCUT2D eigenvalue weighted by Crippen LogP contribution is -2.53. The fraction of sp³-hybridized carbons (Fsp3) is 0.400.